The number of aliphatic carboxylic acids is 1. The summed E-state index contributed by atoms with van der Waals surface area (Å²) in [6, 6.07) is 12.8. The second-order valence-electron chi connectivity index (χ2n) is 4.39. The van der Waals surface area contributed by atoms with Gasteiger partial charge in [-0.05, 0) is 36.4 Å². The third-order valence-corrected chi connectivity index (χ3v) is 3.03. The van der Waals surface area contributed by atoms with E-state index >= 15 is 0 Å². The molecule has 0 bridgehead atoms. The van der Waals surface area contributed by atoms with E-state index in [-0.39, 0.29) is 0 Å². The maximum Gasteiger partial charge on any atom is 0.323 e. The summed E-state index contributed by atoms with van der Waals surface area (Å²) in [6.07, 6.45) is 0. The minimum absolute atomic E-state index is 0.316. The largest absolute Gasteiger partial charge is 0.480 e. The van der Waals surface area contributed by atoms with Gasteiger partial charge in [-0.15, -0.1) is 0 Å². The molecule has 0 heterocycles. The fourth-order valence-electron chi connectivity index (χ4n) is 1.89. The summed E-state index contributed by atoms with van der Waals surface area (Å²) in [5, 5.41) is 9.43. The van der Waals surface area contributed by atoms with Crippen molar-refractivity contribution in [2.45, 2.75) is 0 Å². The Hall–Kier alpha value is -2.53. The zero-order valence-corrected chi connectivity index (χ0v) is 11.7. The van der Waals surface area contributed by atoms with E-state index in [1.165, 1.54) is 12.1 Å². The lowest BCUT2D eigenvalue weighted by molar-refractivity contribution is -0.135. The lowest BCUT2D eigenvalue weighted by atomic mass is 10.1. The molecule has 1 amide bonds. The van der Waals surface area contributed by atoms with Gasteiger partial charge in [-0.25, -0.2) is 0 Å². The Morgan fingerprint density at radius 3 is 2.48 bits per heavy atom. The average Bonchev–Trinajstić information content (AvgIpc) is 2.44. The first-order valence-corrected chi connectivity index (χ1v) is 6.50. The molecule has 2 aromatic carbocycles. The van der Waals surface area contributed by atoms with Crippen molar-refractivity contribution in [3.63, 3.8) is 0 Å². The van der Waals surface area contributed by atoms with E-state index in [1.807, 2.05) is 0 Å². The van der Waals surface area contributed by atoms with Crippen molar-refractivity contribution < 1.29 is 14.7 Å². The highest BCUT2D eigenvalue weighted by molar-refractivity contribution is 6.31. The summed E-state index contributed by atoms with van der Waals surface area (Å²) in [6.45, 7) is -0.464. The van der Waals surface area contributed by atoms with Gasteiger partial charge >= 0.3 is 5.97 Å². The van der Waals surface area contributed by atoms with Crippen molar-refractivity contribution in [2.75, 3.05) is 17.2 Å². The highest BCUT2D eigenvalue weighted by Crippen LogP contribution is 2.22. The second kappa shape index (κ2) is 6.28. The van der Waals surface area contributed by atoms with E-state index in [0.29, 0.717) is 22.0 Å². The van der Waals surface area contributed by atoms with Crippen molar-refractivity contribution >= 4 is 34.9 Å². The monoisotopic (exact) mass is 304 g/mol. The summed E-state index contributed by atoms with van der Waals surface area (Å²) < 4.78 is 0. The van der Waals surface area contributed by atoms with Crippen LogP contribution in [0.2, 0.25) is 5.02 Å². The van der Waals surface area contributed by atoms with Crippen LogP contribution in [0.3, 0.4) is 0 Å². The molecule has 3 N–H and O–H groups in total. The second-order valence-corrected chi connectivity index (χ2v) is 4.83. The Balaban J connectivity index is 2.40. The van der Waals surface area contributed by atoms with Crippen LogP contribution in [0.5, 0.6) is 0 Å². The molecule has 0 aliphatic carbocycles. The first kappa shape index (κ1) is 14.9. The van der Waals surface area contributed by atoms with Crippen molar-refractivity contribution in [2.24, 2.45) is 0 Å². The number of carboxylic acid groups (broad SMARTS) is 1. The number of halogens is 1. The Bertz CT molecular complexity index is 688. The van der Waals surface area contributed by atoms with E-state index in [9.17, 15) is 9.59 Å². The maximum atomic E-state index is 12.5. The number of carboxylic acids is 1. The predicted octanol–water partition coefficient (Wildman–Crippen LogP) is 2.65. The van der Waals surface area contributed by atoms with Crippen LogP contribution < -0.4 is 10.6 Å². The SMILES string of the molecule is Nc1cccc(C(=O)N(CC(=O)O)c2cccc(Cl)c2)c1. The first-order chi connectivity index (χ1) is 9.97. The van der Waals surface area contributed by atoms with Crippen LogP contribution in [0.15, 0.2) is 48.5 Å². The van der Waals surface area contributed by atoms with E-state index in [4.69, 9.17) is 22.4 Å². The number of amides is 1. The topological polar surface area (TPSA) is 83.6 Å². The van der Waals surface area contributed by atoms with Crippen molar-refractivity contribution in [3.8, 4) is 0 Å². The number of hydrogen-bond acceptors (Lipinski definition) is 3. The molecular formula is C15H13ClN2O3. The molecular weight excluding hydrogens is 292 g/mol. The van der Waals surface area contributed by atoms with Crippen LogP contribution >= 0.6 is 11.6 Å². The molecule has 0 atom stereocenters. The van der Waals surface area contributed by atoms with Crippen LogP contribution in [0.25, 0.3) is 0 Å². The Morgan fingerprint density at radius 2 is 1.86 bits per heavy atom. The summed E-state index contributed by atoms with van der Waals surface area (Å²) in [5.41, 5.74) is 6.82. The van der Waals surface area contributed by atoms with E-state index in [1.54, 1.807) is 36.4 Å². The molecule has 0 saturated heterocycles. The van der Waals surface area contributed by atoms with Gasteiger partial charge in [0.2, 0.25) is 0 Å². The fraction of sp³-hybridized carbons (Fsp3) is 0.0667. The molecule has 2 rings (SSSR count). The lowest BCUT2D eigenvalue weighted by Gasteiger charge is -2.21. The minimum atomic E-state index is -1.12. The molecule has 108 valence electrons. The molecule has 0 radical (unpaired) electrons. The Kier molecular flexibility index (Phi) is 4.45. The van der Waals surface area contributed by atoms with E-state index in [2.05, 4.69) is 0 Å². The smallest absolute Gasteiger partial charge is 0.323 e. The zero-order valence-electron chi connectivity index (χ0n) is 11.0. The van der Waals surface area contributed by atoms with E-state index < -0.39 is 18.4 Å². The summed E-state index contributed by atoms with van der Waals surface area (Å²) in [5.74, 6) is -1.57. The van der Waals surface area contributed by atoms with Crippen molar-refractivity contribution in [1.82, 2.24) is 0 Å². The molecule has 0 aliphatic rings. The number of rotatable bonds is 4. The molecule has 21 heavy (non-hydrogen) atoms. The van der Waals surface area contributed by atoms with Gasteiger partial charge in [-0.1, -0.05) is 23.7 Å². The third kappa shape index (κ3) is 3.73. The van der Waals surface area contributed by atoms with Gasteiger partial charge in [0.25, 0.3) is 5.91 Å². The van der Waals surface area contributed by atoms with Gasteiger partial charge in [-0.2, -0.15) is 0 Å². The molecule has 0 aliphatic heterocycles. The average molecular weight is 305 g/mol. The number of nitrogen functional groups attached to an aromatic ring is 1. The number of nitrogens with zero attached hydrogens (tertiary/aromatic N) is 1. The van der Waals surface area contributed by atoms with Crippen LogP contribution in [0.4, 0.5) is 11.4 Å². The van der Waals surface area contributed by atoms with Crippen LogP contribution in [0, 0.1) is 0 Å². The predicted molar refractivity (Wildman–Crippen MR) is 81.6 cm³/mol. The molecule has 0 aromatic heterocycles. The molecule has 0 saturated carbocycles. The number of hydrogen-bond donors (Lipinski definition) is 2. The van der Waals surface area contributed by atoms with Gasteiger partial charge in [0, 0.05) is 22.0 Å². The number of carbonyl (C=O) groups is 2. The normalized spacial score (nSPS) is 10.1. The lowest BCUT2D eigenvalue weighted by Crippen LogP contribution is -2.35. The number of benzene rings is 2. The quantitative estimate of drug-likeness (QED) is 0.851. The number of carbonyl (C=O) groups excluding carboxylic acids is 1. The summed E-state index contributed by atoms with van der Waals surface area (Å²) >= 11 is 5.90. The molecule has 0 unspecified atom stereocenters. The molecule has 6 heteroatoms. The number of nitrogens with two attached hydrogens (primary N) is 1. The van der Waals surface area contributed by atoms with Crippen molar-refractivity contribution in [3.05, 3.63) is 59.1 Å². The highest BCUT2D eigenvalue weighted by atomic mass is 35.5. The van der Waals surface area contributed by atoms with Crippen molar-refractivity contribution in [1.29, 1.82) is 0 Å². The molecule has 5 nitrogen and oxygen atoms in total. The molecule has 0 spiro atoms. The Morgan fingerprint density at radius 1 is 1.14 bits per heavy atom. The van der Waals surface area contributed by atoms with E-state index in [0.717, 1.165) is 4.90 Å². The van der Waals surface area contributed by atoms with Gasteiger partial charge in [0.1, 0.15) is 6.54 Å². The Labute approximate surface area is 126 Å². The fourth-order valence-corrected chi connectivity index (χ4v) is 2.07. The van der Waals surface area contributed by atoms with Crippen LogP contribution in [-0.4, -0.2) is 23.5 Å². The van der Waals surface area contributed by atoms with Crippen LogP contribution in [-0.2, 0) is 4.79 Å². The minimum Gasteiger partial charge on any atom is -0.480 e. The number of anilines is 2. The zero-order chi connectivity index (χ0) is 15.4. The first-order valence-electron chi connectivity index (χ1n) is 6.12. The third-order valence-electron chi connectivity index (χ3n) is 2.79. The van der Waals surface area contributed by atoms with Gasteiger partial charge < -0.3 is 10.8 Å². The van der Waals surface area contributed by atoms with Gasteiger partial charge in [-0.3, -0.25) is 14.5 Å². The molecule has 0 fully saturated rings. The summed E-state index contributed by atoms with van der Waals surface area (Å²) in [4.78, 5) is 24.7. The standard InChI is InChI=1S/C15H13ClN2O3/c16-11-4-2-6-13(8-11)18(9-14(19)20)15(21)10-3-1-5-12(17)7-10/h1-8H,9,17H2,(H,19,20). The van der Waals surface area contributed by atoms with Crippen LogP contribution in [0.1, 0.15) is 10.4 Å². The van der Waals surface area contributed by atoms with Gasteiger partial charge in [0.05, 0.1) is 0 Å². The maximum absolute atomic E-state index is 12.5. The summed E-state index contributed by atoms with van der Waals surface area (Å²) in [7, 11) is 0. The van der Waals surface area contributed by atoms with Gasteiger partial charge in [0.15, 0.2) is 0 Å². The highest BCUT2D eigenvalue weighted by Gasteiger charge is 2.20. The molecule has 2 aromatic rings.